The van der Waals surface area contributed by atoms with E-state index >= 15 is 0 Å². The molecule has 372 valence electrons. The molecule has 4 aromatic heterocycles. The number of pyridine rings is 2. The van der Waals surface area contributed by atoms with Crippen LogP contribution < -0.4 is 20.1 Å². The van der Waals surface area contributed by atoms with Gasteiger partial charge in [0.2, 0.25) is 11.8 Å². The average Bonchev–Trinajstić information content (AvgIpc) is 4.12. The molecule has 2 saturated heterocycles. The number of nitrogens with one attached hydrogen (secondary N) is 4. The van der Waals surface area contributed by atoms with Gasteiger partial charge >= 0.3 is 11.9 Å². The first-order valence-corrected chi connectivity index (χ1v) is 23.1. The smallest absolute Gasteiger partial charge is 0.320 e. The number of aliphatic carboxylic acids is 1. The van der Waals surface area contributed by atoms with Crippen LogP contribution >= 0.6 is 0 Å². The van der Waals surface area contributed by atoms with Crippen molar-refractivity contribution in [3.63, 3.8) is 0 Å². The van der Waals surface area contributed by atoms with Crippen molar-refractivity contribution in [1.29, 1.82) is 0 Å². The molecule has 2 aromatic carbocycles. The van der Waals surface area contributed by atoms with E-state index in [1.807, 2.05) is 102 Å². The third kappa shape index (κ3) is 12.2. The minimum atomic E-state index is -1.10. The molecule has 20 nitrogen and oxygen atoms in total. The highest BCUT2D eigenvalue weighted by Gasteiger charge is 2.47. The predicted molar refractivity (Wildman–Crippen MR) is 263 cm³/mol. The molecule has 2 aliphatic rings. The van der Waals surface area contributed by atoms with Crippen molar-refractivity contribution >= 4 is 56.9 Å². The molecule has 6 aromatic rings. The summed E-state index contributed by atoms with van der Waals surface area (Å²) in [7, 11) is 2.99. The van der Waals surface area contributed by atoms with Crippen molar-refractivity contribution in [2.45, 2.75) is 90.3 Å². The minimum absolute atomic E-state index is 0.0344. The number of amides is 2. The monoisotopic (exact) mass is 962 g/mol. The average molecular weight is 963 g/mol. The maximum Gasteiger partial charge on any atom is 0.320 e. The van der Waals surface area contributed by atoms with E-state index in [1.54, 1.807) is 29.4 Å². The van der Waals surface area contributed by atoms with Gasteiger partial charge in [-0.2, -0.15) is 10.2 Å². The fraction of sp³-hybridized carbons (Fsp3) is 0.440. The van der Waals surface area contributed by atoms with Crippen LogP contribution in [0.1, 0.15) is 61.3 Å². The van der Waals surface area contributed by atoms with Crippen LogP contribution in [-0.4, -0.2) is 152 Å². The maximum absolute atomic E-state index is 13.4. The first-order chi connectivity index (χ1) is 33.3. The number of methoxy groups -OCH3 is 2. The van der Waals surface area contributed by atoms with Crippen molar-refractivity contribution in [3.8, 4) is 34.3 Å². The van der Waals surface area contributed by atoms with Crippen LogP contribution in [0.15, 0.2) is 73.1 Å². The van der Waals surface area contributed by atoms with Gasteiger partial charge in [-0.25, -0.2) is 9.97 Å². The molecule has 0 spiro atoms. The number of hydrogen-bond acceptors (Lipinski definition) is 15. The number of carboxylic acids is 1. The maximum atomic E-state index is 13.4. The van der Waals surface area contributed by atoms with Crippen LogP contribution in [-0.2, 0) is 33.4 Å². The molecule has 0 radical (unpaired) electrons. The lowest BCUT2D eigenvalue weighted by atomic mass is 10.0. The fourth-order valence-electron chi connectivity index (χ4n) is 8.40. The molecule has 2 aliphatic heterocycles. The van der Waals surface area contributed by atoms with Crippen molar-refractivity contribution < 1.29 is 48.0 Å². The summed E-state index contributed by atoms with van der Waals surface area (Å²) in [5.74, 6) is -0.731. The Morgan fingerprint density at radius 3 is 1.50 bits per heavy atom. The van der Waals surface area contributed by atoms with Gasteiger partial charge in [0, 0.05) is 98.2 Å². The zero-order valence-corrected chi connectivity index (χ0v) is 41.0. The molecule has 5 N–H and O–H groups in total. The SMILES string of the molecule is CO[C@@]1(C(=O)Nc2ccc3[nH]nc(-c4ccc(OC(C)C)nc4)c3c2)CCN(CC(=O)O)C1.CO[C@@]1(C(=O)Nc2ccc3[nH]nc(-c4ccc(OC(C)C)nc4)c3c2)CCN(CC(=O)OC(C)(C)C)C1. The van der Waals surface area contributed by atoms with E-state index in [0.717, 1.165) is 38.6 Å². The first kappa shape index (κ1) is 50.9. The number of carbonyl (C=O) groups excluding carboxylic acids is 3. The Hall–Kier alpha value is -7.00. The number of ether oxygens (including phenoxy) is 5. The Morgan fingerprint density at radius 1 is 0.686 bits per heavy atom. The van der Waals surface area contributed by atoms with E-state index < -0.39 is 22.8 Å². The highest BCUT2D eigenvalue weighted by atomic mass is 16.6. The molecule has 0 bridgehead atoms. The van der Waals surface area contributed by atoms with Crippen LogP contribution in [0.2, 0.25) is 0 Å². The number of carbonyl (C=O) groups is 4. The fourth-order valence-corrected chi connectivity index (χ4v) is 8.40. The molecule has 6 heterocycles. The first-order valence-electron chi connectivity index (χ1n) is 23.1. The van der Waals surface area contributed by atoms with Gasteiger partial charge in [0.1, 0.15) is 17.0 Å². The lowest BCUT2D eigenvalue weighted by Crippen LogP contribution is -2.47. The lowest BCUT2D eigenvalue weighted by Gasteiger charge is -2.27. The number of benzene rings is 2. The van der Waals surface area contributed by atoms with Crippen LogP contribution in [0.5, 0.6) is 11.8 Å². The lowest BCUT2D eigenvalue weighted by molar-refractivity contribution is -0.156. The van der Waals surface area contributed by atoms with Gasteiger partial charge in [0.25, 0.3) is 11.8 Å². The van der Waals surface area contributed by atoms with Crippen molar-refractivity contribution in [1.82, 2.24) is 40.2 Å². The van der Waals surface area contributed by atoms with E-state index in [9.17, 15) is 19.2 Å². The minimum Gasteiger partial charge on any atom is -0.480 e. The second kappa shape index (κ2) is 21.3. The van der Waals surface area contributed by atoms with E-state index in [0.29, 0.717) is 61.3 Å². The largest absolute Gasteiger partial charge is 0.480 e. The van der Waals surface area contributed by atoms with Crippen molar-refractivity contribution in [3.05, 3.63) is 73.1 Å². The topological polar surface area (TPSA) is 248 Å². The van der Waals surface area contributed by atoms with Gasteiger partial charge in [-0.3, -0.25) is 39.2 Å². The Bertz CT molecular complexity index is 2800. The van der Waals surface area contributed by atoms with E-state index in [-0.39, 0.29) is 49.6 Å². The summed E-state index contributed by atoms with van der Waals surface area (Å²) in [6.45, 7) is 14.8. The Kier molecular flexibility index (Phi) is 15.5. The van der Waals surface area contributed by atoms with E-state index in [4.69, 9.17) is 28.8 Å². The molecule has 0 saturated carbocycles. The third-order valence-electron chi connectivity index (χ3n) is 11.7. The number of esters is 1. The van der Waals surface area contributed by atoms with Crippen molar-refractivity contribution in [2.24, 2.45) is 0 Å². The Labute approximate surface area is 405 Å². The molecule has 20 heteroatoms. The number of aromatic amines is 2. The van der Waals surface area contributed by atoms with Crippen LogP contribution in [0, 0.1) is 0 Å². The van der Waals surface area contributed by atoms with Gasteiger partial charge in [-0.05, 0) is 110 Å². The molecule has 2 fully saturated rings. The number of rotatable bonds is 16. The number of hydrogen-bond donors (Lipinski definition) is 5. The molecule has 2 atom stereocenters. The predicted octanol–water partition coefficient (Wildman–Crippen LogP) is 6.31. The molecular weight excluding hydrogens is 901 g/mol. The zero-order valence-electron chi connectivity index (χ0n) is 41.0. The summed E-state index contributed by atoms with van der Waals surface area (Å²) in [6, 6.07) is 18.4. The Morgan fingerprint density at radius 2 is 1.13 bits per heavy atom. The number of fused-ring (bicyclic) bond motifs is 2. The van der Waals surface area contributed by atoms with Crippen molar-refractivity contribution in [2.75, 3.05) is 64.1 Å². The summed E-state index contributed by atoms with van der Waals surface area (Å²) >= 11 is 0. The number of H-pyrrole nitrogens is 2. The second-order valence-electron chi connectivity index (χ2n) is 19.0. The molecular formula is C50H62N10O10. The molecule has 0 unspecified atom stereocenters. The second-order valence-corrected chi connectivity index (χ2v) is 19.0. The molecule has 0 aliphatic carbocycles. The summed E-state index contributed by atoms with van der Waals surface area (Å²) in [6.07, 6.45) is 4.37. The molecule has 8 rings (SSSR count). The van der Waals surface area contributed by atoms with Gasteiger partial charge in [-0.1, -0.05) is 0 Å². The summed E-state index contributed by atoms with van der Waals surface area (Å²) in [5, 5.41) is 31.5. The highest BCUT2D eigenvalue weighted by Crippen LogP contribution is 2.33. The summed E-state index contributed by atoms with van der Waals surface area (Å²) < 4.78 is 27.9. The van der Waals surface area contributed by atoms with Gasteiger partial charge < -0.3 is 39.4 Å². The molecule has 2 amide bonds. The highest BCUT2D eigenvalue weighted by molar-refractivity contribution is 6.02. The quantitative estimate of drug-likeness (QED) is 0.0667. The van der Waals surface area contributed by atoms with Gasteiger partial charge in [-0.15, -0.1) is 0 Å². The summed E-state index contributed by atoms with van der Waals surface area (Å²) in [5.41, 5.74) is 3.22. The van der Waals surface area contributed by atoms with E-state index in [2.05, 4.69) is 41.0 Å². The zero-order chi connectivity index (χ0) is 50.4. The van der Waals surface area contributed by atoms with Gasteiger partial charge in [0.15, 0.2) is 11.2 Å². The number of nitrogens with zero attached hydrogens (tertiary/aromatic N) is 6. The number of anilines is 2. The van der Waals surface area contributed by atoms with E-state index in [1.165, 1.54) is 14.2 Å². The Balaban J connectivity index is 0.000000208. The number of aromatic nitrogens is 6. The molecule has 70 heavy (non-hydrogen) atoms. The third-order valence-corrected chi connectivity index (χ3v) is 11.7. The van der Waals surface area contributed by atoms with Crippen LogP contribution in [0.3, 0.4) is 0 Å². The number of likely N-dealkylation sites (tertiary alicyclic amines) is 2. The van der Waals surface area contributed by atoms with Crippen LogP contribution in [0.25, 0.3) is 44.3 Å². The van der Waals surface area contributed by atoms with Crippen LogP contribution in [0.4, 0.5) is 11.4 Å². The number of carboxylic acid groups (broad SMARTS) is 1. The normalized spacial score (nSPS) is 18.5. The summed E-state index contributed by atoms with van der Waals surface area (Å²) in [4.78, 5) is 62.0. The van der Waals surface area contributed by atoms with Gasteiger partial charge in [0.05, 0.1) is 36.3 Å². The standard InChI is InChI=1S/C27H35N5O5.C23H27N5O5/c1-17(2)36-22-10-7-18(14-28-22)24-20-13-19(8-9-21(20)30-31-24)29-25(34)27(35-6)11-12-32(16-27)15-23(33)37-26(3,4)5;1-14(2)33-19-7-4-15(11-24-19)21-17-10-16(5-6-18(17)26-27-21)25-22(31)23(32-3)8-9-28(13-23)12-20(29)30/h7-10,13-14,17H,11-12,15-16H2,1-6H3,(H,29,34)(H,30,31);4-7,10-11,14H,8-9,12-13H2,1-3H3,(H,25,31)(H,26,27)(H,29,30)/t27-;23-/m00/s1.